The fourth-order valence-electron chi connectivity index (χ4n) is 1.68. The number of aliphatic hydroxyl groups excluding tert-OH is 1. The topological polar surface area (TPSA) is 29.5 Å². The van der Waals surface area contributed by atoms with Crippen molar-refractivity contribution in [3.8, 4) is 0 Å². The van der Waals surface area contributed by atoms with Crippen LogP contribution in [0, 0.1) is 12.7 Å². The summed E-state index contributed by atoms with van der Waals surface area (Å²) >= 11 is 0. The lowest BCUT2D eigenvalue weighted by atomic mass is 9.99. The van der Waals surface area contributed by atoms with Crippen molar-refractivity contribution in [1.29, 1.82) is 0 Å². The van der Waals surface area contributed by atoms with Crippen LogP contribution in [0.1, 0.15) is 37.0 Å². The van der Waals surface area contributed by atoms with Crippen LogP contribution in [0.25, 0.3) is 0 Å². The number of ether oxygens (including phenoxy) is 1. The van der Waals surface area contributed by atoms with E-state index in [9.17, 15) is 9.50 Å². The van der Waals surface area contributed by atoms with E-state index >= 15 is 0 Å². The monoisotopic (exact) mass is 226 g/mol. The largest absolute Gasteiger partial charge is 0.388 e. The molecular weight excluding hydrogens is 207 g/mol. The maximum absolute atomic E-state index is 12.9. The second kappa shape index (κ2) is 5.97. The van der Waals surface area contributed by atoms with Gasteiger partial charge < -0.3 is 9.84 Å². The van der Waals surface area contributed by atoms with Gasteiger partial charge in [0.05, 0.1) is 12.2 Å². The van der Waals surface area contributed by atoms with Crippen molar-refractivity contribution in [1.82, 2.24) is 0 Å². The number of hydrogen-bond acceptors (Lipinski definition) is 2. The molecular formula is C13H19FO2. The highest BCUT2D eigenvalue weighted by molar-refractivity contribution is 5.28. The molecule has 1 aromatic carbocycles. The lowest BCUT2D eigenvalue weighted by Gasteiger charge is -2.16. The van der Waals surface area contributed by atoms with Gasteiger partial charge in [0.15, 0.2) is 0 Å². The molecule has 0 aliphatic rings. The van der Waals surface area contributed by atoms with Gasteiger partial charge in [-0.15, -0.1) is 0 Å². The Hall–Kier alpha value is -0.930. The molecule has 2 nitrogen and oxygen atoms in total. The van der Waals surface area contributed by atoms with E-state index in [1.54, 1.807) is 20.1 Å². The minimum atomic E-state index is -0.543. The predicted octanol–water partition coefficient (Wildman–Crippen LogP) is 2.98. The van der Waals surface area contributed by atoms with Gasteiger partial charge in [-0.2, -0.15) is 0 Å². The summed E-state index contributed by atoms with van der Waals surface area (Å²) in [6.07, 6.45) is 1.00. The summed E-state index contributed by atoms with van der Waals surface area (Å²) in [5.74, 6) is -0.265. The first-order valence-corrected chi connectivity index (χ1v) is 5.51. The van der Waals surface area contributed by atoms with Gasteiger partial charge in [-0.1, -0.05) is 6.07 Å². The Morgan fingerprint density at radius 3 is 2.62 bits per heavy atom. The van der Waals surface area contributed by atoms with Gasteiger partial charge in [0.2, 0.25) is 0 Å². The first-order valence-electron chi connectivity index (χ1n) is 5.51. The molecule has 1 rings (SSSR count). The molecule has 0 radical (unpaired) electrons. The van der Waals surface area contributed by atoms with Crippen LogP contribution in [0.2, 0.25) is 0 Å². The Kier molecular flexibility index (Phi) is 4.90. The molecule has 0 aliphatic heterocycles. The Morgan fingerprint density at radius 2 is 2.06 bits per heavy atom. The highest BCUT2D eigenvalue weighted by atomic mass is 19.1. The van der Waals surface area contributed by atoms with E-state index < -0.39 is 6.10 Å². The lowest BCUT2D eigenvalue weighted by Crippen LogP contribution is -2.08. The molecule has 0 aromatic heterocycles. The fourth-order valence-corrected chi connectivity index (χ4v) is 1.68. The molecule has 0 spiro atoms. The number of benzene rings is 1. The van der Waals surface area contributed by atoms with Gasteiger partial charge in [0.1, 0.15) is 5.82 Å². The molecule has 2 unspecified atom stereocenters. The van der Waals surface area contributed by atoms with Gasteiger partial charge in [-0.25, -0.2) is 4.39 Å². The summed E-state index contributed by atoms with van der Waals surface area (Å²) in [5.41, 5.74) is 1.59. The van der Waals surface area contributed by atoms with Gasteiger partial charge in [0.25, 0.3) is 0 Å². The van der Waals surface area contributed by atoms with Gasteiger partial charge in [-0.05, 0) is 49.9 Å². The van der Waals surface area contributed by atoms with E-state index in [1.807, 2.05) is 6.92 Å². The highest BCUT2D eigenvalue weighted by Crippen LogP contribution is 2.23. The Balaban J connectivity index is 2.62. The summed E-state index contributed by atoms with van der Waals surface area (Å²) in [6.45, 7) is 3.77. The van der Waals surface area contributed by atoms with E-state index in [0.717, 1.165) is 17.5 Å². The van der Waals surface area contributed by atoms with E-state index in [2.05, 4.69) is 0 Å². The van der Waals surface area contributed by atoms with Crippen molar-refractivity contribution in [2.45, 2.75) is 38.9 Å². The van der Waals surface area contributed by atoms with Crippen LogP contribution in [0.3, 0.4) is 0 Å². The van der Waals surface area contributed by atoms with Gasteiger partial charge in [0, 0.05) is 7.11 Å². The van der Waals surface area contributed by atoms with Crippen LogP contribution in [-0.2, 0) is 4.74 Å². The second-order valence-electron chi connectivity index (χ2n) is 4.14. The SMILES string of the molecule is COC(C)CCC(O)c1ccc(F)cc1C. The second-order valence-corrected chi connectivity index (χ2v) is 4.14. The van der Waals surface area contributed by atoms with Crippen LogP contribution in [-0.4, -0.2) is 18.3 Å². The number of methoxy groups -OCH3 is 1. The third kappa shape index (κ3) is 3.58. The molecule has 1 N–H and O–H groups in total. The molecule has 0 aliphatic carbocycles. The van der Waals surface area contributed by atoms with Gasteiger partial charge in [-0.3, -0.25) is 0 Å². The molecule has 0 fully saturated rings. The Morgan fingerprint density at radius 1 is 1.38 bits per heavy atom. The summed E-state index contributed by atoms with van der Waals surface area (Å²) in [4.78, 5) is 0. The number of aryl methyl sites for hydroxylation is 1. The number of hydrogen-bond donors (Lipinski definition) is 1. The zero-order valence-electron chi connectivity index (χ0n) is 10.0. The van der Waals surface area contributed by atoms with Crippen molar-refractivity contribution in [2.75, 3.05) is 7.11 Å². The summed E-state index contributed by atoms with van der Waals surface area (Å²) < 4.78 is 18.0. The van der Waals surface area contributed by atoms with E-state index in [-0.39, 0.29) is 11.9 Å². The Labute approximate surface area is 96.1 Å². The first kappa shape index (κ1) is 13.1. The fraction of sp³-hybridized carbons (Fsp3) is 0.538. The minimum Gasteiger partial charge on any atom is -0.388 e. The van der Waals surface area contributed by atoms with Gasteiger partial charge >= 0.3 is 0 Å². The first-order chi connectivity index (χ1) is 7.54. The highest BCUT2D eigenvalue weighted by Gasteiger charge is 2.12. The zero-order valence-corrected chi connectivity index (χ0v) is 10.0. The summed E-state index contributed by atoms with van der Waals surface area (Å²) in [7, 11) is 1.65. The van der Waals surface area contributed by atoms with Crippen molar-refractivity contribution in [3.63, 3.8) is 0 Å². The quantitative estimate of drug-likeness (QED) is 0.836. The molecule has 0 bridgehead atoms. The van der Waals surface area contributed by atoms with Crippen LogP contribution in [0.4, 0.5) is 4.39 Å². The normalized spacial score (nSPS) is 14.8. The maximum Gasteiger partial charge on any atom is 0.123 e. The third-order valence-electron chi connectivity index (χ3n) is 2.84. The van der Waals surface area contributed by atoms with E-state index in [0.29, 0.717) is 6.42 Å². The molecule has 2 atom stereocenters. The number of halogens is 1. The summed E-state index contributed by atoms with van der Waals surface area (Å²) in [5, 5.41) is 9.96. The standard InChI is InChI=1S/C13H19FO2/c1-9-8-11(14)5-6-12(9)13(15)7-4-10(2)16-3/h5-6,8,10,13,15H,4,7H2,1-3H3. The molecule has 0 saturated heterocycles. The third-order valence-corrected chi connectivity index (χ3v) is 2.84. The molecule has 16 heavy (non-hydrogen) atoms. The molecule has 0 heterocycles. The smallest absolute Gasteiger partial charge is 0.123 e. The number of rotatable bonds is 5. The van der Waals surface area contributed by atoms with Crippen LogP contribution >= 0.6 is 0 Å². The minimum absolute atomic E-state index is 0.135. The van der Waals surface area contributed by atoms with E-state index in [4.69, 9.17) is 4.74 Å². The van der Waals surface area contributed by atoms with Crippen molar-refractivity contribution in [2.24, 2.45) is 0 Å². The van der Waals surface area contributed by atoms with Crippen LogP contribution in [0.5, 0.6) is 0 Å². The van der Waals surface area contributed by atoms with E-state index in [1.165, 1.54) is 12.1 Å². The molecule has 3 heteroatoms. The van der Waals surface area contributed by atoms with Crippen LogP contribution in [0.15, 0.2) is 18.2 Å². The molecule has 0 saturated carbocycles. The van der Waals surface area contributed by atoms with Crippen molar-refractivity contribution < 1.29 is 14.2 Å². The summed E-state index contributed by atoms with van der Waals surface area (Å²) in [6, 6.07) is 4.47. The zero-order chi connectivity index (χ0) is 12.1. The van der Waals surface area contributed by atoms with Crippen LogP contribution < -0.4 is 0 Å². The predicted molar refractivity (Wildman–Crippen MR) is 61.8 cm³/mol. The molecule has 90 valence electrons. The Bertz CT molecular complexity index is 339. The average molecular weight is 226 g/mol. The lowest BCUT2D eigenvalue weighted by molar-refractivity contribution is 0.0849. The molecule has 0 amide bonds. The average Bonchev–Trinajstić information content (AvgIpc) is 2.25. The van der Waals surface area contributed by atoms with Crippen molar-refractivity contribution >= 4 is 0 Å². The molecule has 1 aromatic rings. The number of aliphatic hydroxyl groups is 1. The maximum atomic E-state index is 12.9. The van der Waals surface area contributed by atoms with Crippen molar-refractivity contribution in [3.05, 3.63) is 35.1 Å².